The van der Waals surface area contributed by atoms with Gasteiger partial charge in [-0.15, -0.1) is 0 Å². The zero-order valence-corrected chi connectivity index (χ0v) is 11.8. The molecule has 2 aromatic heterocycles. The van der Waals surface area contributed by atoms with E-state index in [1.165, 1.54) is 31.2 Å². The summed E-state index contributed by atoms with van der Waals surface area (Å²) < 4.78 is 0. The monoisotopic (exact) mass is 275 g/mol. The molecule has 5 rings (SSSR count). The largest absolute Gasteiger partial charge is 0.338 e. The average Bonchev–Trinajstić information content (AvgIpc) is 3.06. The molecule has 1 fully saturated rings. The molecule has 1 saturated carbocycles. The number of fused-ring (bicyclic) bond motifs is 6. The van der Waals surface area contributed by atoms with Gasteiger partial charge >= 0.3 is 0 Å². The Balaban J connectivity index is 1.68. The summed E-state index contributed by atoms with van der Waals surface area (Å²) in [4.78, 5) is 12.4. The fourth-order valence-electron chi connectivity index (χ4n) is 4.19. The molecule has 2 aliphatic rings. The highest BCUT2D eigenvalue weighted by Crippen LogP contribution is 2.51. The van der Waals surface area contributed by atoms with Crippen LogP contribution in [0.5, 0.6) is 0 Å². The van der Waals surface area contributed by atoms with Crippen LogP contribution in [0.1, 0.15) is 48.6 Å². The zero-order chi connectivity index (χ0) is 13.8. The Kier molecular flexibility index (Phi) is 2.28. The Labute approximate surface area is 123 Å². The van der Waals surface area contributed by atoms with Gasteiger partial charge in [0, 0.05) is 18.0 Å². The molecule has 3 aromatic rings. The number of imidazole rings is 1. The van der Waals surface area contributed by atoms with E-state index in [9.17, 15) is 0 Å². The van der Waals surface area contributed by atoms with Gasteiger partial charge in [-0.3, -0.25) is 4.98 Å². The highest BCUT2D eigenvalue weighted by molar-refractivity contribution is 5.81. The molecular weight excluding hydrogens is 258 g/mol. The van der Waals surface area contributed by atoms with E-state index >= 15 is 0 Å². The minimum atomic E-state index is 0.779. The zero-order valence-electron chi connectivity index (χ0n) is 11.8. The summed E-state index contributed by atoms with van der Waals surface area (Å²) in [7, 11) is 0. The second-order valence-electron chi connectivity index (χ2n) is 6.39. The third-order valence-electron chi connectivity index (χ3n) is 5.18. The second kappa shape index (κ2) is 4.17. The van der Waals surface area contributed by atoms with Crippen molar-refractivity contribution in [3.8, 4) is 11.4 Å². The smallest absolute Gasteiger partial charge is 0.140 e. The molecule has 3 nitrogen and oxygen atoms in total. The molecule has 104 valence electrons. The lowest BCUT2D eigenvalue weighted by Gasteiger charge is -2.18. The fraction of sp³-hybridized carbons (Fsp3) is 0.333. The molecule has 0 amide bonds. The van der Waals surface area contributed by atoms with Gasteiger partial charge in [0.1, 0.15) is 5.82 Å². The number of nitrogens with one attached hydrogen (secondary N) is 1. The molecule has 2 aliphatic carbocycles. The number of pyridine rings is 1. The van der Waals surface area contributed by atoms with Gasteiger partial charge in [0.2, 0.25) is 0 Å². The first-order valence-electron chi connectivity index (χ1n) is 7.82. The Morgan fingerprint density at radius 1 is 1.10 bits per heavy atom. The first kappa shape index (κ1) is 11.5. The molecular formula is C18H17N3. The van der Waals surface area contributed by atoms with Crippen molar-refractivity contribution in [3.05, 3.63) is 47.8 Å². The van der Waals surface area contributed by atoms with E-state index in [-0.39, 0.29) is 0 Å². The molecule has 0 spiro atoms. The van der Waals surface area contributed by atoms with Crippen molar-refractivity contribution in [1.82, 2.24) is 15.0 Å². The van der Waals surface area contributed by atoms with Gasteiger partial charge in [-0.1, -0.05) is 6.42 Å². The van der Waals surface area contributed by atoms with E-state index in [2.05, 4.69) is 22.1 Å². The van der Waals surface area contributed by atoms with Crippen LogP contribution in [-0.2, 0) is 0 Å². The van der Waals surface area contributed by atoms with Crippen molar-refractivity contribution < 1.29 is 0 Å². The Morgan fingerprint density at radius 2 is 1.95 bits per heavy atom. The topological polar surface area (TPSA) is 41.6 Å². The summed E-state index contributed by atoms with van der Waals surface area (Å²) in [5, 5.41) is 0. The minimum absolute atomic E-state index is 0.779. The lowest BCUT2D eigenvalue weighted by atomic mass is 9.87. The van der Waals surface area contributed by atoms with E-state index in [0.29, 0.717) is 0 Å². The van der Waals surface area contributed by atoms with Gasteiger partial charge in [0.15, 0.2) is 0 Å². The second-order valence-corrected chi connectivity index (χ2v) is 6.39. The highest BCUT2D eigenvalue weighted by atomic mass is 14.9. The van der Waals surface area contributed by atoms with Crippen LogP contribution < -0.4 is 0 Å². The van der Waals surface area contributed by atoms with Crippen LogP contribution in [0.25, 0.3) is 22.4 Å². The van der Waals surface area contributed by atoms with Crippen molar-refractivity contribution in [2.45, 2.75) is 37.5 Å². The molecule has 2 atom stereocenters. The molecule has 0 saturated heterocycles. The minimum Gasteiger partial charge on any atom is -0.338 e. The number of rotatable bonds is 1. The van der Waals surface area contributed by atoms with Crippen LogP contribution in [0.4, 0.5) is 0 Å². The fourth-order valence-corrected chi connectivity index (χ4v) is 4.19. The van der Waals surface area contributed by atoms with Crippen LogP contribution in [0.3, 0.4) is 0 Å². The van der Waals surface area contributed by atoms with Crippen molar-refractivity contribution in [3.63, 3.8) is 0 Å². The van der Waals surface area contributed by atoms with Gasteiger partial charge in [-0.05, 0) is 66.5 Å². The third kappa shape index (κ3) is 1.67. The number of aromatic amines is 1. The van der Waals surface area contributed by atoms with E-state index < -0.39 is 0 Å². The number of nitrogens with zero attached hydrogens (tertiary/aromatic N) is 2. The summed E-state index contributed by atoms with van der Waals surface area (Å²) in [6.07, 6.45) is 9.11. The predicted octanol–water partition coefficient (Wildman–Crippen LogP) is 4.38. The van der Waals surface area contributed by atoms with Crippen molar-refractivity contribution >= 4 is 11.0 Å². The molecule has 21 heavy (non-hydrogen) atoms. The summed E-state index contributed by atoms with van der Waals surface area (Å²) in [5.74, 6) is 2.49. The summed E-state index contributed by atoms with van der Waals surface area (Å²) >= 11 is 0. The summed E-state index contributed by atoms with van der Waals surface area (Å²) in [6, 6.07) is 8.69. The van der Waals surface area contributed by atoms with Crippen LogP contribution >= 0.6 is 0 Å². The third-order valence-corrected chi connectivity index (χ3v) is 5.18. The van der Waals surface area contributed by atoms with Crippen LogP contribution in [0.2, 0.25) is 0 Å². The van der Waals surface area contributed by atoms with Gasteiger partial charge in [0.25, 0.3) is 0 Å². The van der Waals surface area contributed by atoms with Crippen LogP contribution in [-0.4, -0.2) is 15.0 Å². The van der Waals surface area contributed by atoms with E-state index in [1.807, 2.05) is 18.3 Å². The van der Waals surface area contributed by atoms with E-state index in [1.54, 1.807) is 17.3 Å². The maximum absolute atomic E-state index is 4.78. The van der Waals surface area contributed by atoms with Crippen molar-refractivity contribution in [1.29, 1.82) is 0 Å². The van der Waals surface area contributed by atoms with Crippen LogP contribution in [0, 0.1) is 0 Å². The molecule has 2 heterocycles. The van der Waals surface area contributed by atoms with Gasteiger partial charge in [-0.2, -0.15) is 0 Å². The standard InChI is InChI=1S/C18H17N3/c1-3-11-7-12(4-1)15-9-17-16(8-14(11)15)20-18(21-17)13-5-2-6-19-10-13/h2,5-6,8-12H,1,3-4,7H2,(H,20,21). The molecule has 0 aliphatic heterocycles. The normalized spacial score (nSPS) is 23.4. The number of aromatic nitrogens is 3. The molecule has 2 unspecified atom stereocenters. The lowest BCUT2D eigenvalue weighted by Crippen LogP contribution is -2.01. The summed E-state index contributed by atoms with van der Waals surface area (Å²) in [6.45, 7) is 0. The molecule has 0 radical (unpaired) electrons. The molecule has 2 bridgehead atoms. The Morgan fingerprint density at radius 3 is 2.76 bits per heavy atom. The number of benzene rings is 1. The number of hydrogen-bond donors (Lipinski definition) is 1. The first-order chi connectivity index (χ1) is 10.4. The molecule has 3 heteroatoms. The van der Waals surface area contributed by atoms with E-state index in [0.717, 1.165) is 28.7 Å². The maximum Gasteiger partial charge on any atom is 0.140 e. The Bertz CT molecular complexity index is 772. The predicted molar refractivity (Wildman–Crippen MR) is 83.3 cm³/mol. The van der Waals surface area contributed by atoms with Crippen molar-refractivity contribution in [2.24, 2.45) is 0 Å². The molecule has 1 aromatic carbocycles. The maximum atomic E-state index is 4.78. The number of hydrogen-bond acceptors (Lipinski definition) is 2. The SMILES string of the molecule is c1cncc(-c2nc3cc4c(cc3[nH]2)C2CCCC4C2)c1. The van der Waals surface area contributed by atoms with Gasteiger partial charge in [0.05, 0.1) is 11.0 Å². The lowest BCUT2D eigenvalue weighted by molar-refractivity contribution is 0.435. The van der Waals surface area contributed by atoms with Gasteiger partial charge < -0.3 is 4.98 Å². The molecule has 1 N–H and O–H groups in total. The quantitative estimate of drug-likeness (QED) is 0.716. The summed E-state index contributed by atoms with van der Waals surface area (Å²) in [5.41, 5.74) is 6.45. The van der Waals surface area contributed by atoms with Gasteiger partial charge in [-0.25, -0.2) is 4.98 Å². The first-order valence-corrected chi connectivity index (χ1v) is 7.82. The van der Waals surface area contributed by atoms with Crippen molar-refractivity contribution in [2.75, 3.05) is 0 Å². The van der Waals surface area contributed by atoms with E-state index in [4.69, 9.17) is 4.98 Å². The number of H-pyrrole nitrogens is 1. The average molecular weight is 275 g/mol. The highest BCUT2D eigenvalue weighted by Gasteiger charge is 2.34. The van der Waals surface area contributed by atoms with Crippen LogP contribution in [0.15, 0.2) is 36.7 Å². The Hall–Kier alpha value is -2.16.